The van der Waals surface area contributed by atoms with E-state index in [0.29, 0.717) is 0 Å². The van der Waals surface area contributed by atoms with Gasteiger partial charge in [0.1, 0.15) is 10.6 Å². The number of nitrogens with zero attached hydrogens (tertiary/aromatic N) is 2. The van der Waals surface area contributed by atoms with Crippen LogP contribution in [0.15, 0.2) is 29.6 Å². The van der Waals surface area contributed by atoms with Crippen molar-refractivity contribution in [2.75, 3.05) is 4.90 Å². The maximum Gasteiger partial charge on any atom is 0.306 e. The summed E-state index contributed by atoms with van der Waals surface area (Å²) in [6, 6.07) is 7.85. The highest BCUT2D eigenvalue weighted by atomic mass is 32.1. The Morgan fingerprint density at radius 3 is 2.67 bits per heavy atom. The highest BCUT2D eigenvalue weighted by Crippen LogP contribution is 2.41. The normalized spacial score (nSPS) is 16.3. The van der Waals surface area contributed by atoms with E-state index < -0.39 is 5.60 Å². The number of amides is 1. The average Bonchev–Trinajstić information content (AvgIpc) is 3.22. The van der Waals surface area contributed by atoms with Gasteiger partial charge < -0.3 is 9.64 Å². The lowest BCUT2D eigenvalue weighted by Crippen LogP contribution is -2.33. The number of thiazole rings is 1. The Bertz CT molecular complexity index is 838. The zero-order chi connectivity index (χ0) is 19.6. The number of hydrogen-bond acceptors (Lipinski definition) is 5. The van der Waals surface area contributed by atoms with Gasteiger partial charge in [0.2, 0.25) is 5.91 Å². The fourth-order valence-corrected chi connectivity index (χ4v) is 4.24. The fraction of sp³-hybridized carbons (Fsp3) is 0.476. The molecule has 5 nitrogen and oxygen atoms in total. The molecule has 0 saturated heterocycles. The summed E-state index contributed by atoms with van der Waals surface area (Å²) >= 11 is 1.60. The number of fused-ring (bicyclic) bond motifs is 1. The Balaban J connectivity index is 1.78. The molecule has 2 heterocycles. The SMILES string of the molecule is CCc1csc(C2Cc3ccccc3N2C(=O)CCC(=O)OC(C)(C)C)n1. The summed E-state index contributed by atoms with van der Waals surface area (Å²) in [5.74, 6) is -0.411. The Morgan fingerprint density at radius 2 is 2.00 bits per heavy atom. The van der Waals surface area contributed by atoms with Crippen LogP contribution in [0.2, 0.25) is 0 Å². The van der Waals surface area contributed by atoms with Crippen molar-refractivity contribution >= 4 is 28.9 Å². The first-order valence-corrected chi connectivity index (χ1v) is 10.2. The van der Waals surface area contributed by atoms with Gasteiger partial charge in [0.05, 0.1) is 18.2 Å². The molecule has 0 fully saturated rings. The summed E-state index contributed by atoms with van der Waals surface area (Å²) in [6.07, 6.45) is 1.85. The lowest BCUT2D eigenvalue weighted by atomic mass is 10.1. The minimum atomic E-state index is -0.541. The molecule has 0 spiro atoms. The van der Waals surface area contributed by atoms with Crippen molar-refractivity contribution < 1.29 is 14.3 Å². The minimum absolute atomic E-state index is 0.0657. The second kappa shape index (κ2) is 7.80. The van der Waals surface area contributed by atoms with E-state index in [1.165, 1.54) is 0 Å². The number of aryl methyl sites for hydroxylation is 1. The van der Waals surface area contributed by atoms with Crippen molar-refractivity contribution in [3.8, 4) is 0 Å². The maximum absolute atomic E-state index is 13.0. The van der Waals surface area contributed by atoms with Crippen LogP contribution < -0.4 is 4.90 Å². The number of anilines is 1. The van der Waals surface area contributed by atoms with Crippen molar-refractivity contribution in [3.05, 3.63) is 45.9 Å². The van der Waals surface area contributed by atoms with E-state index in [1.807, 2.05) is 43.9 Å². The smallest absolute Gasteiger partial charge is 0.306 e. The third kappa shape index (κ3) is 4.56. The van der Waals surface area contributed by atoms with Gasteiger partial charge in [0, 0.05) is 23.9 Å². The first-order chi connectivity index (χ1) is 12.8. The Labute approximate surface area is 164 Å². The van der Waals surface area contributed by atoms with Crippen molar-refractivity contribution in [3.63, 3.8) is 0 Å². The molecule has 1 aromatic heterocycles. The van der Waals surface area contributed by atoms with Gasteiger partial charge >= 0.3 is 5.97 Å². The van der Waals surface area contributed by atoms with Crippen LogP contribution in [0.5, 0.6) is 0 Å². The van der Waals surface area contributed by atoms with Gasteiger partial charge in [-0.25, -0.2) is 4.98 Å². The molecule has 0 bridgehead atoms. The summed E-state index contributed by atoms with van der Waals surface area (Å²) in [6.45, 7) is 7.56. The molecule has 0 N–H and O–H groups in total. The summed E-state index contributed by atoms with van der Waals surface area (Å²) in [5, 5.41) is 3.01. The summed E-state index contributed by atoms with van der Waals surface area (Å²) in [5.41, 5.74) is 2.57. The Kier molecular flexibility index (Phi) is 5.65. The highest BCUT2D eigenvalue weighted by Gasteiger charge is 2.36. The minimum Gasteiger partial charge on any atom is -0.460 e. The molecule has 1 aliphatic heterocycles. The van der Waals surface area contributed by atoms with Crippen molar-refractivity contribution in [1.29, 1.82) is 0 Å². The van der Waals surface area contributed by atoms with Crippen LogP contribution in [0, 0.1) is 0 Å². The molecule has 27 heavy (non-hydrogen) atoms. The van der Waals surface area contributed by atoms with Gasteiger partial charge in [-0.1, -0.05) is 25.1 Å². The zero-order valence-electron chi connectivity index (χ0n) is 16.3. The third-order valence-corrected chi connectivity index (χ3v) is 5.42. The molecule has 1 amide bonds. The van der Waals surface area contributed by atoms with E-state index in [-0.39, 0.29) is 30.8 Å². The molecule has 1 atom stereocenters. The number of hydrogen-bond donors (Lipinski definition) is 0. The standard InChI is InChI=1S/C21H26N2O3S/c1-5-15-13-27-20(22-15)17-12-14-8-6-7-9-16(14)23(17)18(24)10-11-19(25)26-21(2,3)4/h6-9,13,17H,5,10-12H2,1-4H3. The Morgan fingerprint density at radius 1 is 1.26 bits per heavy atom. The van der Waals surface area contributed by atoms with Crippen molar-refractivity contribution in [1.82, 2.24) is 4.98 Å². The van der Waals surface area contributed by atoms with Crippen LogP contribution >= 0.6 is 11.3 Å². The molecule has 3 rings (SSSR count). The van der Waals surface area contributed by atoms with Crippen LogP contribution in [0.3, 0.4) is 0 Å². The molecule has 0 aliphatic carbocycles. The molecule has 1 aromatic carbocycles. The van der Waals surface area contributed by atoms with E-state index in [1.54, 1.807) is 11.3 Å². The zero-order valence-corrected chi connectivity index (χ0v) is 17.1. The molecular formula is C21H26N2O3S. The van der Waals surface area contributed by atoms with Crippen LogP contribution in [0.25, 0.3) is 0 Å². The number of aromatic nitrogens is 1. The average molecular weight is 387 g/mol. The number of ether oxygens (including phenoxy) is 1. The third-order valence-electron chi connectivity index (χ3n) is 4.42. The Hall–Kier alpha value is -2.21. The largest absolute Gasteiger partial charge is 0.460 e. The maximum atomic E-state index is 13.0. The predicted molar refractivity (Wildman–Crippen MR) is 107 cm³/mol. The molecular weight excluding hydrogens is 360 g/mol. The lowest BCUT2D eigenvalue weighted by Gasteiger charge is -2.25. The topological polar surface area (TPSA) is 59.5 Å². The molecule has 0 radical (unpaired) electrons. The number of benzene rings is 1. The second-order valence-corrected chi connectivity index (χ2v) is 8.62. The van der Waals surface area contributed by atoms with Gasteiger partial charge in [0.25, 0.3) is 0 Å². The molecule has 1 aliphatic rings. The summed E-state index contributed by atoms with van der Waals surface area (Å²) in [7, 11) is 0. The number of carbonyl (C=O) groups is 2. The first kappa shape index (κ1) is 19.5. The second-order valence-electron chi connectivity index (χ2n) is 7.73. The monoisotopic (exact) mass is 386 g/mol. The number of carbonyl (C=O) groups excluding carboxylic acids is 2. The van der Waals surface area contributed by atoms with E-state index in [2.05, 4.69) is 18.4 Å². The number of para-hydroxylation sites is 1. The highest BCUT2D eigenvalue weighted by molar-refractivity contribution is 7.09. The van der Waals surface area contributed by atoms with E-state index in [0.717, 1.165) is 34.8 Å². The van der Waals surface area contributed by atoms with E-state index in [4.69, 9.17) is 9.72 Å². The fourth-order valence-electron chi connectivity index (χ4n) is 3.25. The quantitative estimate of drug-likeness (QED) is 0.712. The molecule has 0 saturated carbocycles. The lowest BCUT2D eigenvalue weighted by molar-refractivity contribution is -0.155. The molecule has 2 aromatic rings. The van der Waals surface area contributed by atoms with Gasteiger partial charge in [-0.2, -0.15) is 0 Å². The van der Waals surface area contributed by atoms with Gasteiger partial charge in [-0.15, -0.1) is 11.3 Å². The molecule has 1 unspecified atom stereocenters. The van der Waals surface area contributed by atoms with Crippen molar-refractivity contribution in [2.24, 2.45) is 0 Å². The van der Waals surface area contributed by atoms with Crippen molar-refractivity contribution in [2.45, 2.75) is 65.0 Å². The first-order valence-electron chi connectivity index (χ1n) is 9.34. The number of esters is 1. The molecule has 6 heteroatoms. The van der Waals surface area contributed by atoms with Crippen LogP contribution in [-0.4, -0.2) is 22.5 Å². The predicted octanol–water partition coefficient (Wildman–Crippen LogP) is 4.46. The number of rotatable bonds is 5. The van der Waals surface area contributed by atoms with Crippen LogP contribution in [0.4, 0.5) is 5.69 Å². The summed E-state index contributed by atoms with van der Waals surface area (Å²) in [4.78, 5) is 31.6. The van der Waals surface area contributed by atoms with E-state index >= 15 is 0 Å². The van der Waals surface area contributed by atoms with E-state index in [9.17, 15) is 9.59 Å². The van der Waals surface area contributed by atoms with Gasteiger partial charge in [0.15, 0.2) is 0 Å². The molecule has 144 valence electrons. The summed E-state index contributed by atoms with van der Waals surface area (Å²) < 4.78 is 5.33. The van der Waals surface area contributed by atoms with Crippen LogP contribution in [0.1, 0.15) is 62.8 Å². The van der Waals surface area contributed by atoms with Gasteiger partial charge in [-0.3, -0.25) is 9.59 Å². The van der Waals surface area contributed by atoms with Crippen LogP contribution in [-0.2, 0) is 27.2 Å². The van der Waals surface area contributed by atoms with Gasteiger partial charge in [-0.05, 0) is 38.8 Å².